The van der Waals surface area contributed by atoms with E-state index in [0.717, 1.165) is 6.42 Å². The minimum absolute atomic E-state index is 0.355. The zero-order valence-corrected chi connectivity index (χ0v) is 5.89. The molecule has 1 rings (SSSR count). The van der Waals surface area contributed by atoms with Crippen LogP contribution in [-0.4, -0.2) is 30.0 Å². The van der Waals surface area contributed by atoms with Gasteiger partial charge in [0.15, 0.2) is 0 Å². The molecule has 10 heavy (non-hydrogen) atoms. The standard InChI is InChI=1S/C6H11NO3/c1-6(7-5(8)9)2-3-10-4-6/h7H,2-4H2,1H3,(H,8,9)/t6-/m0/s1. The first-order chi connectivity index (χ1) is 4.62. The Bertz CT molecular complexity index is 140. The molecular weight excluding hydrogens is 134 g/mol. The fourth-order valence-corrected chi connectivity index (χ4v) is 1.02. The number of rotatable bonds is 1. The summed E-state index contributed by atoms with van der Waals surface area (Å²) in [4.78, 5) is 10.2. The zero-order chi connectivity index (χ0) is 7.61. The van der Waals surface area contributed by atoms with E-state index in [1.165, 1.54) is 0 Å². The number of ether oxygens (including phenoxy) is 1. The molecule has 1 aliphatic rings. The summed E-state index contributed by atoms with van der Waals surface area (Å²) in [5, 5.41) is 10.8. The molecule has 58 valence electrons. The monoisotopic (exact) mass is 145 g/mol. The molecule has 4 nitrogen and oxygen atoms in total. The van der Waals surface area contributed by atoms with E-state index < -0.39 is 6.09 Å². The third-order valence-electron chi connectivity index (χ3n) is 1.63. The number of hydrogen-bond acceptors (Lipinski definition) is 2. The minimum Gasteiger partial charge on any atom is -0.465 e. The topological polar surface area (TPSA) is 58.6 Å². The van der Waals surface area contributed by atoms with Gasteiger partial charge in [-0.3, -0.25) is 0 Å². The Morgan fingerprint density at radius 2 is 2.50 bits per heavy atom. The number of carboxylic acid groups (broad SMARTS) is 1. The maximum atomic E-state index is 10.2. The van der Waals surface area contributed by atoms with Crippen molar-refractivity contribution in [3.63, 3.8) is 0 Å². The molecule has 0 unspecified atom stereocenters. The van der Waals surface area contributed by atoms with Gasteiger partial charge in [-0.05, 0) is 13.3 Å². The van der Waals surface area contributed by atoms with Crippen LogP contribution in [0.25, 0.3) is 0 Å². The van der Waals surface area contributed by atoms with Crippen molar-refractivity contribution in [2.45, 2.75) is 18.9 Å². The van der Waals surface area contributed by atoms with Crippen LogP contribution in [0, 0.1) is 0 Å². The molecule has 0 spiro atoms. The fraction of sp³-hybridized carbons (Fsp3) is 0.833. The average molecular weight is 145 g/mol. The molecular formula is C6H11NO3. The van der Waals surface area contributed by atoms with Crippen LogP contribution in [0.4, 0.5) is 4.79 Å². The van der Waals surface area contributed by atoms with E-state index in [9.17, 15) is 4.79 Å². The number of amides is 1. The van der Waals surface area contributed by atoms with Crippen LogP contribution in [0.2, 0.25) is 0 Å². The van der Waals surface area contributed by atoms with E-state index in [-0.39, 0.29) is 5.54 Å². The summed E-state index contributed by atoms with van der Waals surface area (Å²) in [5.74, 6) is 0. The van der Waals surface area contributed by atoms with Crippen LogP contribution in [0.5, 0.6) is 0 Å². The van der Waals surface area contributed by atoms with Gasteiger partial charge in [-0.15, -0.1) is 0 Å². The first-order valence-corrected chi connectivity index (χ1v) is 3.21. The molecule has 1 atom stereocenters. The number of nitrogens with one attached hydrogen (secondary N) is 1. The molecule has 1 amide bonds. The molecule has 0 bridgehead atoms. The first-order valence-electron chi connectivity index (χ1n) is 3.21. The van der Waals surface area contributed by atoms with Crippen molar-refractivity contribution in [3.05, 3.63) is 0 Å². The summed E-state index contributed by atoms with van der Waals surface area (Å²) < 4.78 is 5.04. The fourth-order valence-electron chi connectivity index (χ4n) is 1.02. The van der Waals surface area contributed by atoms with Crippen molar-refractivity contribution >= 4 is 6.09 Å². The summed E-state index contributed by atoms with van der Waals surface area (Å²) in [7, 11) is 0. The Kier molecular flexibility index (Phi) is 1.80. The molecule has 1 saturated heterocycles. The number of carbonyl (C=O) groups is 1. The van der Waals surface area contributed by atoms with E-state index in [1.807, 2.05) is 6.92 Å². The van der Waals surface area contributed by atoms with E-state index in [4.69, 9.17) is 9.84 Å². The summed E-state index contributed by atoms with van der Waals surface area (Å²) in [5.41, 5.74) is -0.355. The lowest BCUT2D eigenvalue weighted by Crippen LogP contribution is -2.45. The highest BCUT2D eigenvalue weighted by Gasteiger charge is 2.30. The third kappa shape index (κ3) is 1.60. The maximum absolute atomic E-state index is 10.2. The largest absolute Gasteiger partial charge is 0.465 e. The van der Waals surface area contributed by atoms with E-state index in [1.54, 1.807) is 0 Å². The normalized spacial score (nSPS) is 32.1. The van der Waals surface area contributed by atoms with Crippen molar-refractivity contribution < 1.29 is 14.6 Å². The molecule has 1 aliphatic heterocycles. The van der Waals surface area contributed by atoms with Crippen LogP contribution in [0.1, 0.15) is 13.3 Å². The van der Waals surface area contributed by atoms with Crippen molar-refractivity contribution in [1.82, 2.24) is 5.32 Å². The summed E-state index contributed by atoms with van der Waals surface area (Å²) in [6.45, 7) is 2.98. The smallest absolute Gasteiger partial charge is 0.405 e. The molecule has 4 heteroatoms. The number of hydrogen-bond donors (Lipinski definition) is 2. The van der Waals surface area contributed by atoms with Gasteiger partial charge < -0.3 is 15.2 Å². The summed E-state index contributed by atoms with van der Waals surface area (Å²) in [6.07, 6.45) is -0.216. The Balaban J connectivity index is 2.43. The van der Waals surface area contributed by atoms with E-state index >= 15 is 0 Å². The second-order valence-corrected chi connectivity index (χ2v) is 2.79. The Hall–Kier alpha value is -0.770. The SMILES string of the molecule is C[C@]1(NC(=O)O)CCOC1. The lowest BCUT2D eigenvalue weighted by Gasteiger charge is -2.20. The maximum Gasteiger partial charge on any atom is 0.405 e. The Labute approximate surface area is 59.2 Å². The highest BCUT2D eigenvalue weighted by molar-refractivity contribution is 5.65. The molecule has 0 aromatic carbocycles. The van der Waals surface area contributed by atoms with E-state index in [2.05, 4.69) is 5.32 Å². The predicted octanol–water partition coefficient (Wildman–Crippen LogP) is 0.433. The van der Waals surface area contributed by atoms with Crippen molar-refractivity contribution in [3.8, 4) is 0 Å². The zero-order valence-electron chi connectivity index (χ0n) is 5.89. The van der Waals surface area contributed by atoms with Crippen molar-refractivity contribution in [1.29, 1.82) is 0 Å². The molecule has 0 radical (unpaired) electrons. The molecule has 0 aliphatic carbocycles. The van der Waals surface area contributed by atoms with Crippen LogP contribution in [0.15, 0.2) is 0 Å². The third-order valence-corrected chi connectivity index (χ3v) is 1.63. The van der Waals surface area contributed by atoms with Crippen LogP contribution in [-0.2, 0) is 4.74 Å². The van der Waals surface area contributed by atoms with E-state index in [0.29, 0.717) is 13.2 Å². The Morgan fingerprint density at radius 3 is 2.90 bits per heavy atom. The lowest BCUT2D eigenvalue weighted by atomic mass is 10.0. The van der Waals surface area contributed by atoms with Gasteiger partial charge in [0.1, 0.15) is 0 Å². The van der Waals surface area contributed by atoms with Gasteiger partial charge in [0, 0.05) is 6.61 Å². The van der Waals surface area contributed by atoms with Crippen LogP contribution >= 0.6 is 0 Å². The van der Waals surface area contributed by atoms with Gasteiger partial charge >= 0.3 is 6.09 Å². The quantitative estimate of drug-likeness (QED) is 0.562. The first kappa shape index (κ1) is 7.34. The summed E-state index contributed by atoms with van der Waals surface area (Å²) in [6, 6.07) is 0. The van der Waals surface area contributed by atoms with Crippen molar-refractivity contribution in [2.75, 3.05) is 13.2 Å². The predicted molar refractivity (Wildman–Crippen MR) is 35.0 cm³/mol. The minimum atomic E-state index is -0.979. The molecule has 1 heterocycles. The molecule has 1 fully saturated rings. The second kappa shape index (κ2) is 2.46. The second-order valence-electron chi connectivity index (χ2n) is 2.79. The molecule has 0 aromatic rings. The van der Waals surface area contributed by atoms with Crippen molar-refractivity contribution in [2.24, 2.45) is 0 Å². The highest BCUT2D eigenvalue weighted by atomic mass is 16.5. The molecule has 0 saturated carbocycles. The van der Waals surface area contributed by atoms with Gasteiger partial charge in [-0.1, -0.05) is 0 Å². The molecule has 0 aromatic heterocycles. The lowest BCUT2D eigenvalue weighted by molar-refractivity contribution is 0.156. The van der Waals surface area contributed by atoms with Gasteiger partial charge in [0.2, 0.25) is 0 Å². The summed E-state index contributed by atoms with van der Waals surface area (Å²) >= 11 is 0. The molecule has 2 N–H and O–H groups in total. The van der Waals surface area contributed by atoms with Gasteiger partial charge in [0.05, 0.1) is 12.1 Å². The van der Waals surface area contributed by atoms with Crippen LogP contribution in [0.3, 0.4) is 0 Å². The highest BCUT2D eigenvalue weighted by Crippen LogP contribution is 2.16. The van der Waals surface area contributed by atoms with Gasteiger partial charge in [-0.2, -0.15) is 0 Å². The average Bonchev–Trinajstić information content (AvgIpc) is 2.12. The Morgan fingerprint density at radius 1 is 1.80 bits per heavy atom. The van der Waals surface area contributed by atoms with Gasteiger partial charge in [-0.25, -0.2) is 4.79 Å². The van der Waals surface area contributed by atoms with Gasteiger partial charge in [0.25, 0.3) is 0 Å². The van der Waals surface area contributed by atoms with Crippen LogP contribution < -0.4 is 5.32 Å².